The first-order valence-corrected chi connectivity index (χ1v) is 11.5. The maximum absolute atomic E-state index is 13.3. The lowest BCUT2D eigenvalue weighted by Gasteiger charge is -2.14. The van der Waals surface area contributed by atoms with Gasteiger partial charge in [-0.2, -0.15) is 9.78 Å². The van der Waals surface area contributed by atoms with E-state index in [-0.39, 0.29) is 11.5 Å². The Morgan fingerprint density at radius 1 is 1.16 bits per heavy atom. The minimum absolute atomic E-state index is 0.0943. The number of pyridine rings is 1. The van der Waals surface area contributed by atoms with E-state index in [4.69, 9.17) is 4.98 Å². The molecule has 0 radical (unpaired) electrons. The lowest BCUT2D eigenvalue weighted by atomic mass is 10.1. The molecule has 1 aromatic carbocycles. The summed E-state index contributed by atoms with van der Waals surface area (Å²) in [5, 5.41) is 5.16. The van der Waals surface area contributed by atoms with Crippen molar-refractivity contribution >= 4 is 33.0 Å². The molecule has 3 aromatic heterocycles. The Kier molecular flexibility index (Phi) is 6.11. The second kappa shape index (κ2) is 8.82. The van der Waals surface area contributed by atoms with Crippen molar-refractivity contribution in [2.75, 3.05) is 0 Å². The van der Waals surface area contributed by atoms with Gasteiger partial charge in [0.15, 0.2) is 0 Å². The van der Waals surface area contributed by atoms with Gasteiger partial charge in [0.2, 0.25) is 0 Å². The largest absolute Gasteiger partial charge is 0.303 e. The summed E-state index contributed by atoms with van der Waals surface area (Å²) < 4.78 is 4.38. The van der Waals surface area contributed by atoms with Gasteiger partial charge in [0.1, 0.15) is 11.6 Å². The molecule has 0 amide bonds. The predicted molar refractivity (Wildman–Crippen MR) is 133 cm³/mol. The van der Waals surface area contributed by atoms with Crippen LogP contribution in [0, 0.1) is 20.8 Å². The first kappa shape index (κ1) is 22.1. The fraction of sp³-hybridized carbons (Fsp3) is 0.280. The highest BCUT2D eigenvalue weighted by molar-refractivity contribution is 9.10. The number of fused-ring (bicyclic) bond motifs is 1. The fourth-order valence-corrected chi connectivity index (χ4v) is 4.17. The first-order valence-electron chi connectivity index (χ1n) is 10.7. The second-order valence-electron chi connectivity index (χ2n) is 8.16. The highest BCUT2D eigenvalue weighted by Gasteiger charge is 2.16. The van der Waals surface area contributed by atoms with Crippen molar-refractivity contribution in [3.63, 3.8) is 0 Å². The molecule has 0 fully saturated rings. The second-order valence-corrected chi connectivity index (χ2v) is 9.07. The molecule has 3 heterocycles. The summed E-state index contributed by atoms with van der Waals surface area (Å²) in [7, 11) is 0. The summed E-state index contributed by atoms with van der Waals surface area (Å²) >= 11 is 3.45. The van der Waals surface area contributed by atoms with E-state index in [1.54, 1.807) is 12.3 Å². The summed E-state index contributed by atoms with van der Waals surface area (Å²) in [6, 6.07) is 11.7. The summed E-state index contributed by atoms with van der Waals surface area (Å²) in [5.74, 6) is 1.63. The molecule has 32 heavy (non-hydrogen) atoms. The molecule has 7 heteroatoms. The van der Waals surface area contributed by atoms with E-state index in [1.807, 2.05) is 38.2 Å². The summed E-state index contributed by atoms with van der Waals surface area (Å²) in [5.41, 5.74) is 4.66. The molecule has 4 aromatic rings. The zero-order valence-corrected chi connectivity index (χ0v) is 20.5. The standard InChI is InChI=1S/C25H26BrN5O/c1-6-16(3)24-29-22-8-7-20(26)13-21(22)25(32)31(24)28-14-19-12-17(4)30(18(19)5)23-11-15(2)9-10-27-23/h7-14,16H,6H2,1-5H3/t16-/m1/s1. The zero-order chi connectivity index (χ0) is 23.0. The Bertz CT molecular complexity index is 1400. The van der Waals surface area contributed by atoms with E-state index in [2.05, 4.69) is 63.5 Å². The lowest BCUT2D eigenvalue weighted by molar-refractivity contribution is 0.613. The van der Waals surface area contributed by atoms with Crippen molar-refractivity contribution in [2.45, 2.75) is 47.0 Å². The third-order valence-corrected chi connectivity index (χ3v) is 6.29. The van der Waals surface area contributed by atoms with Gasteiger partial charge in [0, 0.05) is 33.5 Å². The van der Waals surface area contributed by atoms with E-state index in [1.165, 1.54) is 4.68 Å². The van der Waals surface area contributed by atoms with Crippen LogP contribution >= 0.6 is 15.9 Å². The highest BCUT2D eigenvalue weighted by Crippen LogP contribution is 2.22. The van der Waals surface area contributed by atoms with Gasteiger partial charge in [0.25, 0.3) is 5.56 Å². The summed E-state index contributed by atoms with van der Waals surface area (Å²) in [6.07, 6.45) is 4.42. The molecule has 164 valence electrons. The van der Waals surface area contributed by atoms with Gasteiger partial charge in [-0.1, -0.05) is 29.8 Å². The molecule has 0 saturated carbocycles. The van der Waals surface area contributed by atoms with Gasteiger partial charge in [-0.3, -0.25) is 4.79 Å². The van der Waals surface area contributed by atoms with E-state index in [9.17, 15) is 4.79 Å². The van der Waals surface area contributed by atoms with Crippen LogP contribution in [0.2, 0.25) is 0 Å². The van der Waals surface area contributed by atoms with Crippen molar-refractivity contribution < 1.29 is 0 Å². The number of nitrogens with zero attached hydrogens (tertiary/aromatic N) is 5. The number of benzene rings is 1. The third-order valence-electron chi connectivity index (χ3n) is 5.80. The average molecular weight is 492 g/mol. The Morgan fingerprint density at radius 2 is 1.94 bits per heavy atom. The zero-order valence-electron chi connectivity index (χ0n) is 18.9. The van der Waals surface area contributed by atoms with Crippen LogP contribution in [0.4, 0.5) is 0 Å². The number of rotatable bonds is 5. The first-order chi connectivity index (χ1) is 15.3. The molecular formula is C25H26BrN5O. The number of aromatic nitrogens is 4. The van der Waals surface area contributed by atoms with E-state index >= 15 is 0 Å². The van der Waals surface area contributed by atoms with E-state index in [0.29, 0.717) is 16.7 Å². The molecule has 0 N–H and O–H groups in total. The highest BCUT2D eigenvalue weighted by atomic mass is 79.9. The molecule has 0 unspecified atom stereocenters. The minimum atomic E-state index is -0.169. The molecule has 6 nitrogen and oxygen atoms in total. The molecular weight excluding hydrogens is 466 g/mol. The molecule has 0 saturated heterocycles. The topological polar surface area (TPSA) is 65.1 Å². The monoisotopic (exact) mass is 491 g/mol. The van der Waals surface area contributed by atoms with Gasteiger partial charge in [-0.25, -0.2) is 9.97 Å². The van der Waals surface area contributed by atoms with E-state index in [0.717, 1.165) is 39.2 Å². The van der Waals surface area contributed by atoms with Gasteiger partial charge in [-0.05, 0) is 69.2 Å². The van der Waals surface area contributed by atoms with Crippen LogP contribution in [0.5, 0.6) is 0 Å². The van der Waals surface area contributed by atoms with Crippen LogP contribution < -0.4 is 5.56 Å². The Morgan fingerprint density at radius 3 is 2.66 bits per heavy atom. The minimum Gasteiger partial charge on any atom is -0.303 e. The molecule has 0 spiro atoms. The maximum atomic E-state index is 13.3. The molecule has 1 atom stereocenters. The third kappa shape index (κ3) is 4.05. The van der Waals surface area contributed by atoms with Crippen LogP contribution in [0.1, 0.15) is 54.5 Å². The summed E-state index contributed by atoms with van der Waals surface area (Å²) in [4.78, 5) is 22.6. The number of hydrogen-bond donors (Lipinski definition) is 0. The van der Waals surface area contributed by atoms with Crippen LogP contribution in [-0.2, 0) is 0 Å². The Hall–Kier alpha value is -3.06. The molecule has 4 rings (SSSR count). The SMILES string of the molecule is CC[C@@H](C)c1nc2ccc(Br)cc2c(=O)n1N=Cc1cc(C)n(-c2cc(C)ccn2)c1C. The number of hydrogen-bond acceptors (Lipinski definition) is 4. The maximum Gasteiger partial charge on any atom is 0.282 e. The van der Waals surface area contributed by atoms with Gasteiger partial charge < -0.3 is 4.57 Å². The van der Waals surface area contributed by atoms with Crippen molar-refractivity contribution in [3.05, 3.63) is 85.8 Å². The van der Waals surface area contributed by atoms with Crippen molar-refractivity contribution in [1.29, 1.82) is 0 Å². The van der Waals surface area contributed by atoms with Gasteiger partial charge >= 0.3 is 0 Å². The van der Waals surface area contributed by atoms with Crippen molar-refractivity contribution in [2.24, 2.45) is 5.10 Å². The molecule has 0 aliphatic rings. The van der Waals surface area contributed by atoms with Crippen molar-refractivity contribution in [1.82, 2.24) is 19.2 Å². The number of halogens is 1. The summed E-state index contributed by atoms with van der Waals surface area (Å²) in [6.45, 7) is 10.3. The fourth-order valence-electron chi connectivity index (χ4n) is 3.81. The predicted octanol–water partition coefficient (Wildman–Crippen LogP) is 5.67. The average Bonchev–Trinajstić information content (AvgIpc) is 3.05. The Balaban J connectivity index is 1.85. The normalized spacial score (nSPS) is 12.7. The lowest BCUT2D eigenvalue weighted by Crippen LogP contribution is -2.23. The van der Waals surface area contributed by atoms with Crippen LogP contribution in [-0.4, -0.2) is 25.4 Å². The number of aryl methyl sites for hydroxylation is 2. The van der Waals surface area contributed by atoms with Crippen LogP contribution in [0.3, 0.4) is 0 Å². The quantitative estimate of drug-likeness (QED) is 0.338. The molecule has 0 aliphatic heterocycles. The van der Waals surface area contributed by atoms with E-state index < -0.39 is 0 Å². The molecule has 0 bridgehead atoms. The smallest absolute Gasteiger partial charge is 0.282 e. The van der Waals surface area contributed by atoms with Crippen LogP contribution in [0.25, 0.3) is 16.7 Å². The Labute approximate surface area is 195 Å². The van der Waals surface area contributed by atoms with Gasteiger partial charge in [0.05, 0.1) is 17.1 Å². The van der Waals surface area contributed by atoms with Crippen LogP contribution in [0.15, 0.2) is 57.0 Å². The molecule has 0 aliphatic carbocycles. The van der Waals surface area contributed by atoms with Gasteiger partial charge in [-0.15, -0.1) is 0 Å². The van der Waals surface area contributed by atoms with Crippen molar-refractivity contribution in [3.8, 4) is 5.82 Å².